The molecule has 9 nitrogen and oxygen atoms in total. The molecule has 1 fully saturated rings. The summed E-state index contributed by atoms with van der Waals surface area (Å²) in [6.07, 6.45) is 0.837. The number of benzene rings is 2. The van der Waals surface area contributed by atoms with Crippen molar-refractivity contribution in [3.8, 4) is 17.3 Å². The lowest BCUT2D eigenvalue weighted by Crippen LogP contribution is -2.35. The predicted octanol–water partition coefficient (Wildman–Crippen LogP) is 5.69. The molecule has 41 heavy (non-hydrogen) atoms. The largest absolute Gasteiger partial charge is 0.436 e. The molecule has 2 aromatic heterocycles. The number of nitrogens with zero attached hydrogens (tertiary/aromatic N) is 4. The molecule has 0 saturated heterocycles. The topological polar surface area (TPSA) is 120 Å². The summed E-state index contributed by atoms with van der Waals surface area (Å²) in [5.41, 5.74) is 3.62. The Labute approximate surface area is 230 Å². The summed E-state index contributed by atoms with van der Waals surface area (Å²) in [6, 6.07) is 9.12. The molecule has 5 rings (SSSR count). The van der Waals surface area contributed by atoms with Gasteiger partial charge in [0.05, 0.1) is 17.4 Å². The van der Waals surface area contributed by atoms with Gasteiger partial charge in [-0.25, -0.2) is 18.4 Å². The lowest BCUT2D eigenvalue weighted by Gasteiger charge is -2.27. The Hall–Kier alpha value is -4.59. The van der Waals surface area contributed by atoms with E-state index in [4.69, 9.17) is 10.5 Å². The minimum Gasteiger partial charge on any atom is -0.436 e. The van der Waals surface area contributed by atoms with Crippen LogP contribution in [0.5, 0.6) is 11.6 Å². The van der Waals surface area contributed by atoms with Crippen LogP contribution in [0, 0.1) is 11.6 Å². The van der Waals surface area contributed by atoms with Crippen molar-refractivity contribution in [1.82, 2.24) is 19.7 Å². The van der Waals surface area contributed by atoms with Gasteiger partial charge in [0, 0.05) is 36.1 Å². The highest BCUT2D eigenvalue weighted by molar-refractivity contribution is 6.05. The zero-order chi connectivity index (χ0) is 29.1. The smallest absolute Gasteiger partial charge is 0.434 e. The molecule has 0 aliphatic heterocycles. The van der Waals surface area contributed by atoms with Crippen LogP contribution >= 0.6 is 0 Å². The first-order valence-electron chi connectivity index (χ1n) is 12.6. The van der Waals surface area contributed by atoms with E-state index in [9.17, 15) is 26.7 Å². The summed E-state index contributed by atoms with van der Waals surface area (Å²) in [5, 5.41) is 9.11. The van der Waals surface area contributed by atoms with Crippen LogP contribution in [0.4, 0.5) is 33.6 Å². The van der Waals surface area contributed by atoms with Gasteiger partial charge in [-0.15, -0.1) is 0 Å². The summed E-state index contributed by atoms with van der Waals surface area (Å²) in [7, 11) is 0. The van der Waals surface area contributed by atoms with Gasteiger partial charge in [-0.1, -0.05) is 0 Å². The molecular formula is C27H24F5N7O2. The maximum Gasteiger partial charge on any atom is 0.434 e. The van der Waals surface area contributed by atoms with Gasteiger partial charge in [0.25, 0.3) is 5.91 Å². The minimum atomic E-state index is -4.98. The Morgan fingerprint density at radius 3 is 2.56 bits per heavy atom. The molecule has 2 aromatic carbocycles. The van der Waals surface area contributed by atoms with Crippen LogP contribution < -0.4 is 21.1 Å². The fraction of sp³-hybridized carbons (Fsp3) is 0.259. The van der Waals surface area contributed by atoms with Gasteiger partial charge in [0.1, 0.15) is 5.82 Å². The Bertz CT molecular complexity index is 1540. The molecule has 1 aliphatic carbocycles. The van der Waals surface area contributed by atoms with Crippen molar-refractivity contribution in [2.24, 2.45) is 5.73 Å². The summed E-state index contributed by atoms with van der Waals surface area (Å²) < 4.78 is 75.8. The van der Waals surface area contributed by atoms with E-state index in [0.29, 0.717) is 10.6 Å². The van der Waals surface area contributed by atoms with Crippen molar-refractivity contribution in [3.05, 3.63) is 83.8 Å². The van der Waals surface area contributed by atoms with Crippen LogP contribution in [0.3, 0.4) is 0 Å². The molecule has 2 unspecified atom stereocenters. The molecule has 4 N–H and O–H groups in total. The van der Waals surface area contributed by atoms with E-state index >= 15 is 0 Å². The number of nitrogens with one attached hydrogen (secondary N) is 2. The van der Waals surface area contributed by atoms with Gasteiger partial charge in [-0.2, -0.15) is 23.3 Å². The molecule has 1 aliphatic rings. The first-order chi connectivity index (χ1) is 19.6. The first-order valence-corrected chi connectivity index (χ1v) is 12.6. The van der Waals surface area contributed by atoms with Crippen LogP contribution in [0.1, 0.15) is 41.7 Å². The molecular weight excluding hydrogens is 549 g/mol. The lowest BCUT2D eigenvalue weighted by molar-refractivity contribution is -0.143. The third-order valence-corrected chi connectivity index (χ3v) is 6.44. The number of hydrogen-bond acceptors (Lipinski definition) is 7. The van der Waals surface area contributed by atoms with E-state index < -0.39 is 35.0 Å². The average Bonchev–Trinajstić information content (AvgIpc) is 3.37. The van der Waals surface area contributed by atoms with E-state index in [-0.39, 0.29) is 35.1 Å². The second kappa shape index (κ2) is 11.5. The van der Waals surface area contributed by atoms with Gasteiger partial charge in [-0.05, 0) is 62.1 Å². The van der Waals surface area contributed by atoms with Crippen molar-refractivity contribution in [1.29, 1.82) is 0 Å². The average molecular weight is 574 g/mol. The fourth-order valence-corrected chi connectivity index (χ4v) is 4.55. The number of amides is 1. The number of carbonyl (C=O) groups is 1. The van der Waals surface area contributed by atoms with E-state index in [2.05, 4.69) is 25.7 Å². The van der Waals surface area contributed by atoms with Crippen LogP contribution in [0.15, 0.2) is 60.9 Å². The maximum absolute atomic E-state index is 14.9. The molecule has 0 spiro atoms. The van der Waals surface area contributed by atoms with Crippen LogP contribution in [0.25, 0.3) is 5.69 Å². The Kier molecular flexibility index (Phi) is 7.83. The maximum atomic E-state index is 14.9. The highest BCUT2D eigenvalue weighted by Gasteiger charge is 2.40. The lowest BCUT2D eigenvalue weighted by atomic mass is 9.92. The number of carbonyl (C=O) groups excluding carboxylic acids is 1. The minimum absolute atomic E-state index is 0.0568. The van der Waals surface area contributed by atoms with Gasteiger partial charge in [0.15, 0.2) is 17.3 Å². The number of anilines is 2. The molecule has 4 aromatic rings. The molecule has 2 atom stereocenters. The third kappa shape index (κ3) is 6.60. The van der Waals surface area contributed by atoms with E-state index in [1.807, 2.05) is 0 Å². The number of halogens is 5. The van der Waals surface area contributed by atoms with Gasteiger partial charge < -0.3 is 21.1 Å². The van der Waals surface area contributed by atoms with Crippen molar-refractivity contribution < 1.29 is 31.5 Å². The SMILES string of the molecule is NC1CCCC(Nc2nccc(Oc3ccc(NC(=O)c4cnn(-c5ccc(F)cc5)c4C(F)(F)F)cc3F)n2)C1. The number of ether oxygens (including phenoxy) is 1. The molecule has 214 valence electrons. The Morgan fingerprint density at radius 1 is 1.07 bits per heavy atom. The zero-order valence-electron chi connectivity index (χ0n) is 21.3. The monoisotopic (exact) mass is 573 g/mol. The van der Waals surface area contributed by atoms with Crippen LogP contribution in [-0.4, -0.2) is 37.7 Å². The number of rotatable bonds is 7. The summed E-state index contributed by atoms with van der Waals surface area (Å²) >= 11 is 0. The number of aromatic nitrogens is 4. The zero-order valence-corrected chi connectivity index (χ0v) is 21.3. The Balaban J connectivity index is 1.30. The molecule has 2 heterocycles. The quantitative estimate of drug-likeness (QED) is 0.243. The van der Waals surface area contributed by atoms with Crippen molar-refractivity contribution in [2.75, 3.05) is 10.6 Å². The number of hydrogen-bond donors (Lipinski definition) is 3. The fourth-order valence-electron chi connectivity index (χ4n) is 4.55. The van der Waals surface area contributed by atoms with Gasteiger partial charge in [-0.3, -0.25) is 4.79 Å². The van der Waals surface area contributed by atoms with Gasteiger partial charge >= 0.3 is 6.18 Å². The highest BCUT2D eigenvalue weighted by atomic mass is 19.4. The number of alkyl halides is 3. The van der Waals surface area contributed by atoms with Crippen LogP contribution in [0.2, 0.25) is 0 Å². The highest BCUT2D eigenvalue weighted by Crippen LogP contribution is 2.34. The molecule has 14 heteroatoms. The number of nitrogens with two attached hydrogens (primary N) is 1. The van der Waals surface area contributed by atoms with E-state index in [1.165, 1.54) is 24.4 Å². The first kappa shape index (κ1) is 28.0. The molecule has 0 bridgehead atoms. The summed E-state index contributed by atoms with van der Waals surface area (Å²) in [5.74, 6) is -2.59. The van der Waals surface area contributed by atoms with E-state index in [0.717, 1.165) is 62.2 Å². The van der Waals surface area contributed by atoms with Crippen molar-refractivity contribution in [3.63, 3.8) is 0 Å². The molecule has 0 radical (unpaired) electrons. The van der Waals surface area contributed by atoms with E-state index in [1.54, 1.807) is 0 Å². The predicted molar refractivity (Wildman–Crippen MR) is 139 cm³/mol. The summed E-state index contributed by atoms with van der Waals surface area (Å²) in [6.45, 7) is 0. The standard InChI is InChI=1S/C27H24F5N7O2/c28-15-4-7-19(8-5-15)39-24(27(30,31)32)20(14-35-39)25(40)36-18-6-9-22(21(29)13-18)41-23-10-11-34-26(38-23)37-17-3-1-2-16(33)12-17/h4-11,13-14,16-17H,1-3,12,33H2,(H,36,40)(H,34,37,38). The summed E-state index contributed by atoms with van der Waals surface area (Å²) in [4.78, 5) is 21.2. The van der Waals surface area contributed by atoms with Crippen LogP contribution in [-0.2, 0) is 6.18 Å². The van der Waals surface area contributed by atoms with Gasteiger partial charge in [0.2, 0.25) is 11.8 Å². The van der Waals surface area contributed by atoms with Crippen molar-refractivity contribution >= 4 is 17.5 Å². The normalized spacial score (nSPS) is 17.2. The second-order valence-electron chi connectivity index (χ2n) is 9.48. The van der Waals surface area contributed by atoms with Crippen molar-refractivity contribution in [2.45, 2.75) is 43.9 Å². The second-order valence-corrected chi connectivity index (χ2v) is 9.48. The Morgan fingerprint density at radius 2 is 1.85 bits per heavy atom. The third-order valence-electron chi connectivity index (χ3n) is 6.44. The molecule has 1 saturated carbocycles. The molecule has 1 amide bonds.